The standard InChI is InChI=1S/C17H24ClNO/c1-17(2)15(10-16(17)20-3)19-12-8-11(9-12)13-6-4-5-7-14(13)18/h4-7,11-12,15-16,19H,8-10H2,1-3H3. The number of ether oxygens (including phenoxy) is 1. The summed E-state index contributed by atoms with van der Waals surface area (Å²) >= 11 is 6.27. The normalized spacial score (nSPS) is 35.2. The fourth-order valence-corrected chi connectivity index (χ4v) is 3.96. The third-order valence-corrected chi connectivity index (χ3v) is 5.73. The van der Waals surface area contributed by atoms with Crippen LogP contribution in [0.2, 0.25) is 5.02 Å². The lowest BCUT2D eigenvalue weighted by atomic mass is 9.63. The average molecular weight is 294 g/mol. The molecule has 0 saturated heterocycles. The SMILES string of the molecule is COC1CC(NC2CC(c3ccccc3Cl)C2)C1(C)C. The van der Waals surface area contributed by atoms with Gasteiger partial charge in [-0.3, -0.25) is 0 Å². The van der Waals surface area contributed by atoms with Crippen LogP contribution >= 0.6 is 11.6 Å². The molecule has 0 radical (unpaired) electrons. The highest BCUT2D eigenvalue weighted by molar-refractivity contribution is 6.31. The van der Waals surface area contributed by atoms with E-state index in [1.807, 2.05) is 19.2 Å². The second-order valence-electron chi connectivity index (χ2n) is 6.89. The Morgan fingerprint density at radius 2 is 1.90 bits per heavy atom. The molecule has 2 aliphatic carbocycles. The van der Waals surface area contributed by atoms with Gasteiger partial charge in [0.2, 0.25) is 0 Å². The molecule has 1 aromatic carbocycles. The minimum absolute atomic E-state index is 0.254. The summed E-state index contributed by atoms with van der Waals surface area (Å²) in [5.74, 6) is 0.627. The summed E-state index contributed by atoms with van der Waals surface area (Å²) in [4.78, 5) is 0. The minimum Gasteiger partial charge on any atom is -0.381 e. The number of halogens is 1. The van der Waals surface area contributed by atoms with Crippen molar-refractivity contribution in [2.45, 2.75) is 57.2 Å². The van der Waals surface area contributed by atoms with Crippen molar-refractivity contribution in [3.8, 4) is 0 Å². The second-order valence-corrected chi connectivity index (χ2v) is 7.29. The number of hydrogen-bond donors (Lipinski definition) is 1. The van der Waals surface area contributed by atoms with Gasteiger partial charge in [0.15, 0.2) is 0 Å². The first-order chi connectivity index (χ1) is 9.52. The maximum atomic E-state index is 6.27. The molecule has 0 bridgehead atoms. The quantitative estimate of drug-likeness (QED) is 0.906. The fourth-order valence-electron chi connectivity index (χ4n) is 3.67. The van der Waals surface area contributed by atoms with Crippen molar-refractivity contribution in [2.24, 2.45) is 5.41 Å². The first-order valence-electron chi connectivity index (χ1n) is 7.55. The van der Waals surface area contributed by atoms with Gasteiger partial charge in [0, 0.05) is 29.6 Å². The summed E-state index contributed by atoms with van der Waals surface area (Å²) in [5.41, 5.74) is 1.57. The van der Waals surface area contributed by atoms with Crippen LogP contribution < -0.4 is 5.32 Å². The minimum atomic E-state index is 0.254. The first-order valence-corrected chi connectivity index (χ1v) is 7.93. The van der Waals surface area contributed by atoms with E-state index in [2.05, 4.69) is 31.3 Å². The van der Waals surface area contributed by atoms with Crippen LogP contribution in [0.4, 0.5) is 0 Å². The summed E-state index contributed by atoms with van der Waals surface area (Å²) in [6, 6.07) is 9.47. The predicted molar refractivity (Wildman–Crippen MR) is 83.3 cm³/mol. The van der Waals surface area contributed by atoms with Crippen LogP contribution in [0.15, 0.2) is 24.3 Å². The van der Waals surface area contributed by atoms with Crippen molar-refractivity contribution in [3.05, 3.63) is 34.9 Å². The van der Waals surface area contributed by atoms with Gasteiger partial charge in [0.25, 0.3) is 0 Å². The number of methoxy groups -OCH3 is 1. The molecule has 2 saturated carbocycles. The van der Waals surface area contributed by atoms with E-state index in [4.69, 9.17) is 16.3 Å². The molecule has 2 unspecified atom stereocenters. The van der Waals surface area contributed by atoms with E-state index in [1.54, 1.807) is 0 Å². The third kappa shape index (κ3) is 2.38. The topological polar surface area (TPSA) is 21.3 Å². The summed E-state index contributed by atoms with van der Waals surface area (Å²) in [6.45, 7) is 4.60. The van der Waals surface area contributed by atoms with Crippen LogP contribution in [0.5, 0.6) is 0 Å². The molecule has 2 fully saturated rings. The zero-order valence-electron chi connectivity index (χ0n) is 12.5. The zero-order valence-corrected chi connectivity index (χ0v) is 13.3. The molecule has 0 aromatic heterocycles. The maximum absolute atomic E-state index is 6.27. The molecule has 0 heterocycles. The molecule has 0 spiro atoms. The van der Waals surface area contributed by atoms with Gasteiger partial charge in [-0.15, -0.1) is 0 Å². The molecule has 1 N–H and O–H groups in total. The summed E-state index contributed by atoms with van der Waals surface area (Å²) in [5, 5.41) is 4.72. The van der Waals surface area contributed by atoms with E-state index < -0.39 is 0 Å². The Kier molecular flexibility index (Phi) is 3.83. The van der Waals surface area contributed by atoms with Crippen LogP contribution in [0.3, 0.4) is 0 Å². The first kappa shape index (κ1) is 14.4. The molecule has 0 aliphatic heterocycles. The van der Waals surface area contributed by atoms with Crippen molar-refractivity contribution in [1.82, 2.24) is 5.32 Å². The Balaban J connectivity index is 1.51. The summed E-state index contributed by atoms with van der Waals surface area (Å²) in [7, 11) is 1.82. The molecule has 3 rings (SSSR count). The van der Waals surface area contributed by atoms with Gasteiger partial charge in [-0.05, 0) is 36.8 Å². The Morgan fingerprint density at radius 1 is 1.20 bits per heavy atom. The Hall–Kier alpha value is -0.570. The van der Waals surface area contributed by atoms with E-state index in [0.717, 1.165) is 11.4 Å². The number of nitrogens with one attached hydrogen (secondary N) is 1. The van der Waals surface area contributed by atoms with Crippen LogP contribution in [0, 0.1) is 5.41 Å². The highest BCUT2D eigenvalue weighted by Crippen LogP contribution is 2.45. The Morgan fingerprint density at radius 3 is 2.50 bits per heavy atom. The van der Waals surface area contributed by atoms with E-state index >= 15 is 0 Å². The molecular weight excluding hydrogens is 270 g/mol. The van der Waals surface area contributed by atoms with Gasteiger partial charge < -0.3 is 10.1 Å². The molecule has 0 amide bonds. The van der Waals surface area contributed by atoms with E-state index in [9.17, 15) is 0 Å². The molecule has 3 heteroatoms. The van der Waals surface area contributed by atoms with Gasteiger partial charge in [0.05, 0.1) is 6.10 Å². The lowest BCUT2D eigenvalue weighted by Crippen LogP contribution is -2.63. The van der Waals surface area contributed by atoms with Gasteiger partial charge in [-0.2, -0.15) is 0 Å². The van der Waals surface area contributed by atoms with Crippen LogP contribution in [0.25, 0.3) is 0 Å². The highest BCUT2D eigenvalue weighted by atomic mass is 35.5. The third-order valence-electron chi connectivity index (χ3n) is 5.38. The Labute approximate surface area is 126 Å². The van der Waals surface area contributed by atoms with Crippen LogP contribution in [-0.4, -0.2) is 25.3 Å². The van der Waals surface area contributed by atoms with Gasteiger partial charge in [0.1, 0.15) is 0 Å². The molecule has 110 valence electrons. The second kappa shape index (κ2) is 5.32. The van der Waals surface area contributed by atoms with Crippen molar-refractivity contribution < 1.29 is 4.74 Å². The molecule has 2 atom stereocenters. The van der Waals surface area contributed by atoms with Crippen LogP contribution in [0.1, 0.15) is 44.6 Å². The fraction of sp³-hybridized carbons (Fsp3) is 0.647. The average Bonchev–Trinajstić information content (AvgIpc) is 2.37. The predicted octanol–water partition coefficient (Wildman–Crippen LogP) is 3.99. The molecule has 20 heavy (non-hydrogen) atoms. The molecule has 2 nitrogen and oxygen atoms in total. The Bertz CT molecular complexity index is 482. The molecule has 2 aliphatic rings. The van der Waals surface area contributed by atoms with Crippen molar-refractivity contribution >= 4 is 11.6 Å². The van der Waals surface area contributed by atoms with Crippen LogP contribution in [-0.2, 0) is 4.74 Å². The highest BCUT2D eigenvalue weighted by Gasteiger charge is 2.49. The van der Waals surface area contributed by atoms with E-state index in [1.165, 1.54) is 18.4 Å². The van der Waals surface area contributed by atoms with Crippen molar-refractivity contribution in [2.75, 3.05) is 7.11 Å². The largest absolute Gasteiger partial charge is 0.381 e. The lowest BCUT2D eigenvalue weighted by Gasteiger charge is -2.54. The zero-order chi connectivity index (χ0) is 14.3. The van der Waals surface area contributed by atoms with Gasteiger partial charge in [-0.25, -0.2) is 0 Å². The van der Waals surface area contributed by atoms with Crippen molar-refractivity contribution in [3.63, 3.8) is 0 Å². The number of benzene rings is 1. The summed E-state index contributed by atoms with van der Waals surface area (Å²) < 4.78 is 5.51. The smallest absolute Gasteiger partial charge is 0.0652 e. The number of hydrogen-bond acceptors (Lipinski definition) is 2. The summed E-state index contributed by atoms with van der Waals surface area (Å²) in [6.07, 6.45) is 3.94. The molecule has 1 aromatic rings. The van der Waals surface area contributed by atoms with Crippen molar-refractivity contribution in [1.29, 1.82) is 0 Å². The van der Waals surface area contributed by atoms with E-state index in [0.29, 0.717) is 24.1 Å². The monoisotopic (exact) mass is 293 g/mol. The lowest BCUT2D eigenvalue weighted by molar-refractivity contribution is -0.103. The maximum Gasteiger partial charge on any atom is 0.0652 e. The number of rotatable bonds is 4. The van der Waals surface area contributed by atoms with E-state index in [-0.39, 0.29) is 5.41 Å². The molecular formula is C17H24ClNO. The van der Waals surface area contributed by atoms with Gasteiger partial charge >= 0.3 is 0 Å². The van der Waals surface area contributed by atoms with Gasteiger partial charge in [-0.1, -0.05) is 43.6 Å².